The SMILES string of the molecule is O=C([C@H]1[C@H]2C[C@H](CN(Cc3ccn4ncnc4c3)C2)[C@@H]2CCCC(=O)N21)N1CC=CC1. The summed E-state index contributed by atoms with van der Waals surface area (Å²) in [6.45, 7) is 4.00. The molecule has 0 aromatic carbocycles. The van der Waals surface area contributed by atoms with Crippen molar-refractivity contribution in [3.05, 3.63) is 42.4 Å². The number of carbonyl (C=O) groups excluding carboxylic acids is 2. The fraction of sp³-hybridized carbons (Fsp3) is 0.565. The maximum absolute atomic E-state index is 13.5. The van der Waals surface area contributed by atoms with Gasteiger partial charge in [-0.1, -0.05) is 12.2 Å². The molecular formula is C23H28N6O2. The average Bonchev–Trinajstić information content (AvgIpc) is 3.46. The molecule has 2 bridgehead atoms. The molecule has 0 radical (unpaired) electrons. The largest absolute Gasteiger partial charge is 0.333 e. The zero-order chi connectivity index (χ0) is 20.9. The molecule has 8 nitrogen and oxygen atoms in total. The first-order chi connectivity index (χ1) is 15.2. The third kappa shape index (κ3) is 3.24. The van der Waals surface area contributed by atoms with Crippen molar-refractivity contribution in [2.75, 3.05) is 26.2 Å². The van der Waals surface area contributed by atoms with Crippen LogP contribution in [0.2, 0.25) is 0 Å². The van der Waals surface area contributed by atoms with Crippen LogP contribution < -0.4 is 0 Å². The van der Waals surface area contributed by atoms with Crippen LogP contribution in [0.5, 0.6) is 0 Å². The van der Waals surface area contributed by atoms with Crippen molar-refractivity contribution in [3.63, 3.8) is 0 Å². The highest BCUT2D eigenvalue weighted by Gasteiger charge is 2.52. The van der Waals surface area contributed by atoms with Gasteiger partial charge >= 0.3 is 0 Å². The van der Waals surface area contributed by atoms with Crippen molar-refractivity contribution in [2.45, 2.75) is 44.3 Å². The average molecular weight is 421 g/mol. The normalized spacial score (nSPS) is 30.8. The molecule has 3 fully saturated rings. The van der Waals surface area contributed by atoms with E-state index in [1.165, 1.54) is 5.56 Å². The van der Waals surface area contributed by atoms with Gasteiger partial charge in [-0.2, -0.15) is 5.10 Å². The van der Waals surface area contributed by atoms with Crippen LogP contribution in [-0.4, -0.2) is 79.4 Å². The highest BCUT2D eigenvalue weighted by molar-refractivity contribution is 5.89. The Morgan fingerprint density at radius 2 is 2.00 bits per heavy atom. The van der Waals surface area contributed by atoms with E-state index in [1.807, 2.05) is 28.1 Å². The topological polar surface area (TPSA) is 74.0 Å². The monoisotopic (exact) mass is 420 g/mol. The number of nitrogens with zero attached hydrogens (tertiary/aromatic N) is 6. The number of piperidine rings is 3. The van der Waals surface area contributed by atoms with Crippen molar-refractivity contribution >= 4 is 17.5 Å². The first-order valence-corrected chi connectivity index (χ1v) is 11.4. The molecule has 4 aliphatic heterocycles. The molecule has 0 unspecified atom stereocenters. The second-order valence-electron chi connectivity index (χ2n) is 9.47. The molecule has 6 rings (SSSR count). The molecule has 2 aromatic rings. The maximum atomic E-state index is 13.5. The van der Waals surface area contributed by atoms with Crippen LogP contribution in [0.25, 0.3) is 5.65 Å². The van der Waals surface area contributed by atoms with Gasteiger partial charge in [-0.3, -0.25) is 14.5 Å². The predicted molar refractivity (Wildman–Crippen MR) is 114 cm³/mol. The second-order valence-corrected chi connectivity index (χ2v) is 9.47. The fourth-order valence-electron chi connectivity index (χ4n) is 6.26. The number of fused-ring (bicyclic) bond motifs is 5. The summed E-state index contributed by atoms with van der Waals surface area (Å²) in [5, 5.41) is 4.18. The quantitative estimate of drug-likeness (QED) is 0.701. The number of likely N-dealkylation sites (tertiary alicyclic amines) is 1. The van der Waals surface area contributed by atoms with E-state index in [1.54, 1.807) is 10.8 Å². The molecule has 6 heterocycles. The lowest BCUT2D eigenvalue weighted by Crippen LogP contribution is -2.68. The van der Waals surface area contributed by atoms with Gasteiger partial charge in [-0.25, -0.2) is 9.50 Å². The van der Waals surface area contributed by atoms with Crippen LogP contribution in [0.4, 0.5) is 0 Å². The van der Waals surface area contributed by atoms with E-state index < -0.39 is 0 Å². The van der Waals surface area contributed by atoms with Gasteiger partial charge in [0.2, 0.25) is 11.8 Å². The van der Waals surface area contributed by atoms with E-state index in [2.05, 4.69) is 27.1 Å². The molecule has 0 saturated carbocycles. The summed E-state index contributed by atoms with van der Waals surface area (Å²) in [7, 11) is 0. The third-order valence-corrected chi connectivity index (χ3v) is 7.55. The minimum atomic E-state index is -0.310. The zero-order valence-corrected chi connectivity index (χ0v) is 17.6. The van der Waals surface area contributed by atoms with Crippen LogP contribution in [0.1, 0.15) is 31.2 Å². The van der Waals surface area contributed by atoms with E-state index in [9.17, 15) is 9.59 Å². The molecule has 8 heteroatoms. The van der Waals surface area contributed by atoms with Crippen molar-refractivity contribution < 1.29 is 9.59 Å². The molecular weight excluding hydrogens is 392 g/mol. The van der Waals surface area contributed by atoms with Crippen LogP contribution in [0, 0.1) is 11.8 Å². The minimum absolute atomic E-state index is 0.139. The van der Waals surface area contributed by atoms with E-state index in [4.69, 9.17) is 0 Å². The highest BCUT2D eigenvalue weighted by Crippen LogP contribution is 2.42. The first-order valence-electron chi connectivity index (χ1n) is 11.4. The highest BCUT2D eigenvalue weighted by atomic mass is 16.2. The number of hydrogen-bond donors (Lipinski definition) is 0. The van der Waals surface area contributed by atoms with Gasteiger partial charge in [-0.15, -0.1) is 0 Å². The Balaban J connectivity index is 1.27. The Hall–Kier alpha value is -2.74. The predicted octanol–water partition coefficient (Wildman–Crippen LogP) is 1.33. The van der Waals surface area contributed by atoms with E-state index in [-0.39, 0.29) is 29.8 Å². The van der Waals surface area contributed by atoms with Crippen LogP contribution in [-0.2, 0) is 16.1 Å². The molecule has 162 valence electrons. The lowest BCUT2D eigenvalue weighted by Gasteiger charge is -2.56. The molecule has 0 N–H and O–H groups in total. The number of pyridine rings is 1. The van der Waals surface area contributed by atoms with Gasteiger partial charge < -0.3 is 9.80 Å². The van der Waals surface area contributed by atoms with Crippen molar-refractivity contribution in [1.29, 1.82) is 0 Å². The number of hydrogen-bond acceptors (Lipinski definition) is 5. The van der Waals surface area contributed by atoms with E-state index in [0.29, 0.717) is 25.4 Å². The lowest BCUT2D eigenvalue weighted by molar-refractivity contribution is -0.164. The summed E-state index contributed by atoms with van der Waals surface area (Å²) >= 11 is 0. The molecule has 4 atom stereocenters. The Morgan fingerprint density at radius 3 is 2.87 bits per heavy atom. The van der Waals surface area contributed by atoms with Crippen molar-refractivity contribution in [1.82, 2.24) is 29.3 Å². The van der Waals surface area contributed by atoms with Gasteiger partial charge in [0.05, 0.1) is 0 Å². The second kappa shape index (κ2) is 7.44. The maximum Gasteiger partial charge on any atom is 0.246 e. The van der Waals surface area contributed by atoms with Gasteiger partial charge in [-0.05, 0) is 42.9 Å². The molecule has 0 spiro atoms. The first kappa shape index (κ1) is 19.0. The number of carbonyl (C=O) groups is 2. The fourth-order valence-corrected chi connectivity index (χ4v) is 6.26. The zero-order valence-electron chi connectivity index (χ0n) is 17.6. The number of rotatable bonds is 3. The summed E-state index contributed by atoms with van der Waals surface area (Å²) < 4.78 is 1.78. The van der Waals surface area contributed by atoms with E-state index in [0.717, 1.165) is 44.5 Å². The Morgan fingerprint density at radius 1 is 1.16 bits per heavy atom. The Bertz CT molecular complexity index is 1040. The number of aromatic nitrogens is 3. The van der Waals surface area contributed by atoms with Crippen LogP contribution >= 0.6 is 0 Å². The van der Waals surface area contributed by atoms with Gasteiger partial charge in [0.25, 0.3) is 0 Å². The summed E-state index contributed by atoms with van der Waals surface area (Å²) in [6, 6.07) is 4.08. The summed E-state index contributed by atoms with van der Waals surface area (Å²) in [5.74, 6) is 0.963. The molecule has 0 aliphatic carbocycles. The summed E-state index contributed by atoms with van der Waals surface area (Å²) in [5.41, 5.74) is 2.07. The van der Waals surface area contributed by atoms with Gasteiger partial charge in [0.15, 0.2) is 5.65 Å². The number of amides is 2. The minimum Gasteiger partial charge on any atom is -0.333 e. The molecule has 4 aliphatic rings. The molecule has 2 amide bonds. The van der Waals surface area contributed by atoms with Gasteiger partial charge in [0.1, 0.15) is 12.4 Å². The molecule has 3 saturated heterocycles. The van der Waals surface area contributed by atoms with E-state index >= 15 is 0 Å². The lowest BCUT2D eigenvalue weighted by atomic mass is 9.71. The van der Waals surface area contributed by atoms with Crippen LogP contribution in [0.15, 0.2) is 36.8 Å². The van der Waals surface area contributed by atoms with Crippen molar-refractivity contribution in [2.24, 2.45) is 11.8 Å². The summed E-state index contributed by atoms with van der Waals surface area (Å²) in [4.78, 5) is 37.2. The standard InChI is InChI=1S/C23H28N6O2/c30-21-5-3-4-19-17-11-18(22(29(19)21)23(31)27-7-1-2-8-27)14-26(13-17)12-16-6-9-28-20(10-16)24-15-25-28/h1-2,6,9-10,15,17-19,22H,3-5,7-8,11-14H2/t17-,18+,19+,22-/m1/s1. The van der Waals surface area contributed by atoms with Crippen LogP contribution in [0.3, 0.4) is 0 Å². The molecule has 31 heavy (non-hydrogen) atoms. The third-order valence-electron chi connectivity index (χ3n) is 7.55. The summed E-state index contributed by atoms with van der Waals surface area (Å²) in [6.07, 6.45) is 11.2. The smallest absolute Gasteiger partial charge is 0.246 e. The van der Waals surface area contributed by atoms with Crippen molar-refractivity contribution in [3.8, 4) is 0 Å². The molecule has 2 aromatic heterocycles. The van der Waals surface area contributed by atoms with Gasteiger partial charge in [0, 0.05) is 57.3 Å². The Kier molecular flexibility index (Phi) is 4.56. The Labute approximate surface area is 181 Å².